The second kappa shape index (κ2) is 6.53. The van der Waals surface area contributed by atoms with E-state index >= 15 is 0 Å². The molecule has 2 amide bonds. The van der Waals surface area contributed by atoms with Gasteiger partial charge in [0.05, 0.1) is 18.6 Å². The number of fused-ring (bicyclic) bond motifs is 1. The van der Waals surface area contributed by atoms with Crippen LogP contribution >= 0.6 is 11.3 Å². The zero-order chi connectivity index (χ0) is 18.4. The van der Waals surface area contributed by atoms with E-state index in [1.54, 1.807) is 9.47 Å². The van der Waals surface area contributed by atoms with Gasteiger partial charge in [-0.15, -0.1) is 11.3 Å². The Hall–Kier alpha value is -2.16. The van der Waals surface area contributed by atoms with Gasteiger partial charge in [-0.2, -0.15) is 0 Å². The fourth-order valence-corrected chi connectivity index (χ4v) is 4.80. The van der Waals surface area contributed by atoms with Crippen LogP contribution in [0.3, 0.4) is 0 Å². The first-order valence-corrected chi connectivity index (χ1v) is 9.70. The Morgan fingerprint density at radius 1 is 1.27 bits per heavy atom. The third-order valence-electron chi connectivity index (χ3n) is 5.05. The second-order valence-electron chi connectivity index (χ2n) is 6.87. The summed E-state index contributed by atoms with van der Waals surface area (Å²) < 4.78 is 15.6. The molecule has 0 radical (unpaired) electrons. The fourth-order valence-electron chi connectivity index (χ4n) is 3.47. The van der Waals surface area contributed by atoms with Crippen molar-refractivity contribution < 1.29 is 9.18 Å². The third kappa shape index (κ3) is 2.74. The number of thiophene rings is 1. The summed E-state index contributed by atoms with van der Waals surface area (Å²) in [7, 11) is 0. The van der Waals surface area contributed by atoms with E-state index in [1.165, 1.54) is 15.9 Å². The fraction of sp³-hybridized carbons (Fsp3) is 0.588. The maximum Gasteiger partial charge on any atom is 0.332 e. The quantitative estimate of drug-likeness (QED) is 0.830. The molecule has 1 N–H and O–H groups in total. The molecular weight excluding hydrogens is 359 g/mol. The first-order chi connectivity index (χ1) is 12.5. The second-order valence-corrected chi connectivity index (χ2v) is 7.95. The van der Waals surface area contributed by atoms with E-state index < -0.39 is 6.67 Å². The van der Waals surface area contributed by atoms with Gasteiger partial charge in [0, 0.05) is 30.6 Å². The maximum atomic E-state index is 13.0. The molecule has 2 aromatic heterocycles. The van der Waals surface area contributed by atoms with Gasteiger partial charge < -0.3 is 10.2 Å². The van der Waals surface area contributed by atoms with Crippen molar-refractivity contribution in [1.29, 1.82) is 0 Å². The molecule has 140 valence electrons. The molecule has 26 heavy (non-hydrogen) atoms. The van der Waals surface area contributed by atoms with Gasteiger partial charge in [0.2, 0.25) is 0 Å². The molecule has 7 nitrogen and oxygen atoms in total. The van der Waals surface area contributed by atoms with Gasteiger partial charge in [-0.1, -0.05) is 0 Å². The van der Waals surface area contributed by atoms with Crippen molar-refractivity contribution in [1.82, 2.24) is 19.4 Å². The number of nitrogens with one attached hydrogen (secondary N) is 1. The number of alkyl halides is 1. The van der Waals surface area contributed by atoms with Crippen molar-refractivity contribution in [2.24, 2.45) is 0 Å². The van der Waals surface area contributed by atoms with E-state index in [1.807, 2.05) is 6.92 Å². The third-order valence-corrected chi connectivity index (χ3v) is 6.35. The van der Waals surface area contributed by atoms with Crippen molar-refractivity contribution >= 4 is 27.6 Å². The summed E-state index contributed by atoms with van der Waals surface area (Å²) in [5.41, 5.74) is 0.220. The Morgan fingerprint density at radius 3 is 2.65 bits per heavy atom. The molecule has 1 saturated heterocycles. The number of rotatable bonds is 6. The molecule has 2 aromatic rings. The monoisotopic (exact) mass is 380 g/mol. The van der Waals surface area contributed by atoms with Crippen LogP contribution in [-0.2, 0) is 13.1 Å². The van der Waals surface area contributed by atoms with E-state index in [0.29, 0.717) is 29.9 Å². The Balaban J connectivity index is 1.88. The number of hydrogen-bond acceptors (Lipinski definition) is 4. The minimum Gasteiger partial charge on any atom is -0.336 e. The molecule has 1 aliphatic heterocycles. The lowest BCUT2D eigenvalue weighted by Crippen LogP contribution is -2.39. The van der Waals surface area contributed by atoms with Crippen molar-refractivity contribution in [3.8, 4) is 0 Å². The van der Waals surface area contributed by atoms with Gasteiger partial charge in [0.1, 0.15) is 4.83 Å². The van der Waals surface area contributed by atoms with Crippen LogP contribution in [0.5, 0.6) is 0 Å². The van der Waals surface area contributed by atoms with E-state index in [4.69, 9.17) is 0 Å². The van der Waals surface area contributed by atoms with Crippen LogP contribution in [0.1, 0.15) is 35.7 Å². The predicted octanol–water partition coefficient (Wildman–Crippen LogP) is 1.75. The largest absolute Gasteiger partial charge is 0.336 e. The maximum absolute atomic E-state index is 13.0. The molecule has 0 aromatic carbocycles. The smallest absolute Gasteiger partial charge is 0.332 e. The number of halogens is 1. The Kier molecular flexibility index (Phi) is 4.34. The minimum atomic E-state index is -0.512. The number of carbonyl (C=O) groups excluding carboxylic acids is 1. The van der Waals surface area contributed by atoms with Crippen LogP contribution in [-0.4, -0.2) is 39.8 Å². The van der Waals surface area contributed by atoms with Gasteiger partial charge in [-0.25, -0.2) is 9.59 Å². The molecular formula is C17H21FN4O3S. The molecule has 3 heterocycles. The predicted molar refractivity (Wildman–Crippen MR) is 97.8 cm³/mol. The molecule has 1 aliphatic carbocycles. The van der Waals surface area contributed by atoms with Gasteiger partial charge >= 0.3 is 11.7 Å². The molecule has 0 spiro atoms. The molecule has 1 saturated carbocycles. The molecule has 9 heteroatoms. The average molecular weight is 380 g/mol. The number of aromatic nitrogens is 2. The van der Waals surface area contributed by atoms with Crippen molar-refractivity contribution in [3.63, 3.8) is 0 Å². The summed E-state index contributed by atoms with van der Waals surface area (Å²) in [6, 6.07) is -0.157. The zero-order valence-electron chi connectivity index (χ0n) is 14.6. The van der Waals surface area contributed by atoms with E-state index in [-0.39, 0.29) is 36.3 Å². The molecule has 2 aliphatic rings. The number of carbonyl (C=O) groups is 1. The minimum absolute atomic E-state index is 0.0388. The molecule has 4 rings (SSSR count). The van der Waals surface area contributed by atoms with E-state index in [2.05, 4.69) is 5.32 Å². The Labute approximate surface area is 153 Å². The summed E-state index contributed by atoms with van der Waals surface area (Å²) >= 11 is 1.36. The number of aryl methyl sites for hydroxylation is 2. The highest BCUT2D eigenvalue weighted by Gasteiger charge is 2.31. The standard InChI is InChI=1S/C17H21FN4O3S/c1-10-12(9-20-8-6-19-16(20)24)26-15-13(10)14(23)22(11-3-4-11)17(25)21(15)7-2-5-18/h11H,2-9H2,1H3,(H,19,24). The lowest BCUT2D eigenvalue weighted by Gasteiger charge is -2.12. The summed E-state index contributed by atoms with van der Waals surface area (Å²) in [4.78, 5) is 40.9. The summed E-state index contributed by atoms with van der Waals surface area (Å²) in [5, 5.41) is 3.30. The van der Waals surface area contributed by atoms with Gasteiger partial charge in [0.15, 0.2) is 0 Å². The van der Waals surface area contributed by atoms with Gasteiger partial charge in [-0.3, -0.25) is 18.3 Å². The highest BCUT2D eigenvalue weighted by molar-refractivity contribution is 7.18. The van der Waals surface area contributed by atoms with Crippen LogP contribution in [0.25, 0.3) is 10.2 Å². The van der Waals surface area contributed by atoms with Crippen LogP contribution in [0.15, 0.2) is 9.59 Å². The number of hydrogen-bond donors (Lipinski definition) is 1. The zero-order valence-corrected chi connectivity index (χ0v) is 15.4. The van der Waals surface area contributed by atoms with E-state index in [9.17, 15) is 18.8 Å². The number of amides is 2. The topological polar surface area (TPSA) is 76.3 Å². The van der Waals surface area contributed by atoms with Crippen molar-refractivity contribution in [3.05, 3.63) is 31.3 Å². The van der Waals surface area contributed by atoms with E-state index in [0.717, 1.165) is 23.3 Å². The molecule has 2 fully saturated rings. The van der Waals surface area contributed by atoms with Crippen LogP contribution < -0.4 is 16.6 Å². The number of urea groups is 1. The average Bonchev–Trinajstić information content (AvgIpc) is 3.28. The summed E-state index contributed by atoms with van der Waals surface area (Å²) in [6.45, 7) is 3.25. The first-order valence-electron chi connectivity index (χ1n) is 8.89. The Bertz CT molecular complexity index is 989. The van der Waals surface area contributed by atoms with Crippen LogP contribution in [0.4, 0.5) is 9.18 Å². The van der Waals surface area contributed by atoms with Gasteiger partial charge in [0.25, 0.3) is 5.56 Å². The van der Waals surface area contributed by atoms with Crippen LogP contribution in [0, 0.1) is 6.92 Å². The lowest BCUT2D eigenvalue weighted by molar-refractivity contribution is 0.216. The molecule has 0 bridgehead atoms. The van der Waals surface area contributed by atoms with Crippen molar-refractivity contribution in [2.45, 2.75) is 45.3 Å². The van der Waals surface area contributed by atoms with Gasteiger partial charge in [-0.05, 0) is 31.7 Å². The first kappa shape index (κ1) is 17.3. The molecule has 0 atom stereocenters. The van der Waals surface area contributed by atoms with Crippen molar-refractivity contribution in [2.75, 3.05) is 19.8 Å². The highest BCUT2D eigenvalue weighted by atomic mass is 32.1. The normalized spacial score (nSPS) is 17.3. The summed E-state index contributed by atoms with van der Waals surface area (Å²) in [6.07, 6.45) is 1.89. The molecule has 0 unspecified atom stereocenters. The SMILES string of the molecule is Cc1c(CN2CCNC2=O)sc2c1c(=O)n(C1CC1)c(=O)n2CCCF. The van der Waals surface area contributed by atoms with Crippen LogP contribution in [0.2, 0.25) is 0 Å². The highest BCUT2D eigenvalue weighted by Crippen LogP contribution is 2.34. The number of nitrogens with zero attached hydrogens (tertiary/aromatic N) is 3. The summed E-state index contributed by atoms with van der Waals surface area (Å²) in [5.74, 6) is 0. The Morgan fingerprint density at radius 2 is 2.04 bits per heavy atom. The lowest BCUT2D eigenvalue weighted by atomic mass is 10.2.